The SMILES string of the molecule is COc1ccc(CSc2nnnn2CCc2cccs2)nn1. The Balaban J connectivity index is 1.57. The number of ether oxygens (including phenoxy) is 1. The van der Waals surface area contributed by atoms with E-state index in [4.69, 9.17) is 4.74 Å². The smallest absolute Gasteiger partial charge is 0.233 e. The Hall–Kier alpha value is -2.00. The number of tetrazole rings is 1. The van der Waals surface area contributed by atoms with E-state index in [-0.39, 0.29) is 0 Å². The predicted molar refractivity (Wildman–Crippen MR) is 84.0 cm³/mol. The molecule has 0 aliphatic rings. The first-order valence-corrected chi connectivity index (χ1v) is 8.49. The van der Waals surface area contributed by atoms with Crippen molar-refractivity contribution >= 4 is 23.1 Å². The molecule has 114 valence electrons. The van der Waals surface area contributed by atoms with Crippen LogP contribution in [0.5, 0.6) is 5.88 Å². The van der Waals surface area contributed by atoms with Crippen LogP contribution in [0.3, 0.4) is 0 Å². The summed E-state index contributed by atoms with van der Waals surface area (Å²) in [5.74, 6) is 1.17. The zero-order valence-electron chi connectivity index (χ0n) is 11.9. The van der Waals surface area contributed by atoms with Crippen molar-refractivity contribution < 1.29 is 4.74 Å². The molecule has 0 saturated heterocycles. The van der Waals surface area contributed by atoms with E-state index in [9.17, 15) is 0 Å². The molecule has 0 aromatic carbocycles. The van der Waals surface area contributed by atoms with E-state index in [0.717, 1.165) is 23.8 Å². The van der Waals surface area contributed by atoms with Crippen molar-refractivity contribution in [3.05, 3.63) is 40.2 Å². The quantitative estimate of drug-likeness (QED) is 0.612. The van der Waals surface area contributed by atoms with Crippen molar-refractivity contribution in [2.45, 2.75) is 23.9 Å². The van der Waals surface area contributed by atoms with Crippen LogP contribution in [0.25, 0.3) is 0 Å². The Labute approximate surface area is 135 Å². The molecule has 22 heavy (non-hydrogen) atoms. The Morgan fingerprint density at radius 3 is 2.91 bits per heavy atom. The molecule has 0 spiro atoms. The minimum Gasteiger partial charge on any atom is -0.480 e. The zero-order chi connectivity index (χ0) is 15.2. The molecule has 0 fully saturated rings. The third kappa shape index (κ3) is 3.80. The molecule has 0 radical (unpaired) electrons. The van der Waals surface area contributed by atoms with Gasteiger partial charge in [-0.2, -0.15) is 5.10 Å². The van der Waals surface area contributed by atoms with Crippen LogP contribution in [-0.2, 0) is 18.7 Å². The number of rotatable bonds is 7. The number of aryl methyl sites for hydroxylation is 2. The van der Waals surface area contributed by atoms with Crippen molar-refractivity contribution in [2.75, 3.05) is 7.11 Å². The highest BCUT2D eigenvalue weighted by atomic mass is 32.2. The molecule has 0 amide bonds. The molecule has 3 aromatic heterocycles. The topological polar surface area (TPSA) is 78.6 Å². The number of thiophene rings is 1. The average Bonchev–Trinajstić information content (AvgIpc) is 3.23. The van der Waals surface area contributed by atoms with Gasteiger partial charge in [0.2, 0.25) is 11.0 Å². The van der Waals surface area contributed by atoms with Crippen LogP contribution >= 0.6 is 23.1 Å². The fraction of sp³-hybridized carbons (Fsp3) is 0.308. The van der Waals surface area contributed by atoms with Gasteiger partial charge in [-0.3, -0.25) is 0 Å². The van der Waals surface area contributed by atoms with Crippen LogP contribution in [0, 0.1) is 0 Å². The number of hydrogen-bond donors (Lipinski definition) is 0. The van der Waals surface area contributed by atoms with Gasteiger partial charge in [0.15, 0.2) is 0 Å². The van der Waals surface area contributed by atoms with Crippen LogP contribution in [-0.4, -0.2) is 37.5 Å². The number of methoxy groups -OCH3 is 1. The number of nitrogens with zero attached hydrogens (tertiary/aromatic N) is 6. The predicted octanol–water partition coefficient (Wildman–Crippen LogP) is 2.07. The maximum Gasteiger partial charge on any atom is 0.233 e. The lowest BCUT2D eigenvalue weighted by atomic mass is 10.3. The molecular formula is C13H14N6OS2. The summed E-state index contributed by atoms with van der Waals surface area (Å²) in [6.45, 7) is 0.768. The molecule has 0 N–H and O–H groups in total. The van der Waals surface area contributed by atoms with Crippen molar-refractivity contribution in [1.29, 1.82) is 0 Å². The summed E-state index contributed by atoms with van der Waals surface area (Å²) in [5.41, 5.74) is 0.860. The highest BCUT2D eigenvalue weighted by molar-refractivity contribution is 7.98. The van der Waals surface area contributed by atoms with Gasteiger partial charge in [0.1, 0.15) is 0 Å². The van der Waals surface area contributed by atoms with Gasteiger partial charge in [-0.25, -0.2) is 4.68 Å². The lowest BCUT2D eigenvalue weighted by Crippen LogP contribution is -2.04. The van der Waals surface area contributed by atoms with Gasteiger partial charge in [0.05, 0.1) is 19.3 Å². The molecule has 0 bridgehead atoms. The molecule has 3 heterocycles. The lowest BCUT2D eigenvalue weighted by molar-refractivity contribution is 0.391. The van der Waals surface area contributed by atoms with Crippen LogP contribution in [0.15, 0.2) is 34.8 Å². The van der Waals surface area contributed by atoms with E-state index in [1.54, 1.807) is 36.3 Å². The number of hydrogen-bond acceptors (Lipinski definition) is 8. The summed E-state index contributed by atoms with van der Waals surface area (Å²) in [5, 5.41) is 22.8. The first-order chi connectivity index (χ1) is 10.8. The molecule has 0 unspecified atom stereocenters. The van der Waals surface area contributed by atoms with Crippen LogP contribution in [0.2, 0.25) is 0 Å². The average molecular weight is 334 g/mol. The molecule has 0 aliphatic carbocycles. The summed E-state index contributed by atoms with van der Waals surface area (Å²) >= 11 is 3.29. The van der Waals surface area contributed by atoms with Crippen molar-refractivity contribution in [2.24, 2.45) is 0 Å². The fourth-order valence-corrected chi connectivity index (χ4v) is 3.28. The van der Waals surface area contributed by atoms with Gasteiger partial charge in [0.25, 0.3) is 0 Å². The maximum atomic E-state index is 4.99. The minimum absolute atomic E-state index is 0.509. The summed E-state index contributed by atoms with van der Waals surface area (Å²) in [6.07, 6.45) is 0.929. The van der Waals surface area contributed by atoms with Crippen molar-refractivity contribution in [3.63, 3.8) is 0 Å². The third-order valence-corrected chi connectivity index (χ3v) is 4.83. The van der Waals surface area contributed by atoms with Gasteiger partial charge in [-0.15, -0.1) is 21.5 Å². The van der Waals surface area contributed by atoms with Crippen molar-refractivity contribution in [1.82, 2.24) is 30.4 Å². The lowest BCUT2D eigenvalue weighted by Gasteiger charge is -2.03. The normalized spacial score (nSPS) is 10.8. The number of thioether (sulfide) groups is 1. The first kappa shape index (κ1) is 14.9. The fourth-order valence-electron chi connectivity index (χ4n) is 1.78. The Kier molecular flexibility index (Phi) is 4.96. The highest BCUT2D eigenvalue weighted by Crippen LogP contribution is 2.20. The van der Waals surface area contributed by atoms with Crippen molar-refractivity contribution in [3.8, 4) is 5.88 Å². The van der Waals surface area contributed by atoms with E-state index in [0.29, 0.717) is 11.6 Å². The Bertz CT molecular complexity index is 698. The summed E-state index contributed by atoms with van der Waals surface area (Å²) in [6, 6.07) is 7.85. The van der Waals surface area contributed by atoms with Gasteiger partial charge < -0.3 is 4.74 Å². The van der Waals surface area contributed by atoms with E-state index < -0.39 is 0 Å². The Morgan fingerprint density at radius 1 is 1.23 bits per heavy atom. The highest BCUT2D eigenvalue weighted by Gasteiger charge is 2.08. The molecule has 7 nitrogen and oxygen atoms in total. The zero-order valence-corrected chi connectivity index (χ0v) is 13.5. The molecule has 0 saturated carbocycles. The summed E-state index contributed by atoms with van der Waals surface area (Å²) < 4.78 is 6.81. The van der Waals surface area contributed by atoms with Crippen LogP contribution < -0.4 is 4.74 Å². The Morgan fingerprint density at radius 2 is 2.18 bits per heavy atom. The monoisotopic (exact) mass is 334 g/mol. The van der Waals surface area contributed by atoms with E-state index >= 15 is 0 Å². The largest absolute Gasteiger partial charge is 0.480 e. The van der Waals surface area contributed by atoms with Crippen LogP contribution in [0.1, 0.15) is 10.6 Å². The van der Waals surface area contributed by atoms with Crippen LogP contribution in [0.4, 0.5) is 0 Å². The molecule has 3 rings (SSSR count). The van der Waals surface area contributed by atoms with E-state index in [1.807, 2.05) is 10.7 Å². The molecular weight excluding hydrogens is 320 g/mol. The van der Waals surface area contributed by atoms with Gasteiger partial charge >= 0.3 is 0 Å². The van der Waals surface area contributed by atoms with E-state index in [2.05, 4.69) is 43.2 Å². The standard InChI is InChI=1S/C13H14N6OS2/c1-20-12-5-4-10(14-15-12)9-22-13-16-17-18-19(13)7-6-11-3-2-8-21-11/h2-5,8H,6-7,9H2,1H3. The molecule has 9 heteroatoms. The van der Waals surface area contributed by atoms with Gasteiger partial charge in [-0.1, -0.05) is 17.8 Å². The molecule has 3 aromatic rings. The molecule has 0 aliphatic heterocycles. The van der Waals surface area contributed by atoms with Gasteiger partial charge in [-0.05, 0) is 27.9 Å². The summed E-state index contributed by atoms with van der Waals surface area (Å²) in [7, 11) is 1.57. The maximum absolute atomic E-state index is 4.99. The summed E-state index contributed by atoms with van der Waals surface area (Å²) in [4.78, 5) is 1.33. The second-order valence-corrected chi connectivity index (χ2v) is 6.34. The van der Waals surface area contributed by atoms with Gasteiger partial charge in [0, 0.05) is 23.1 Å². The first-order valence-electron chi connectivity index (χ1n) is 6.63. The van der Waals surface area contributed by atoms with E-state index in [1.165, 1.54) is 4.88 Å². The minimum atomic E-state index is 0.509. The molecule has 0 atom stereocenters. The third-order valence-electron chi connectivity index (χ3n) is 2.90. The second kappa shape index (κ2) is 7.32. The second-order valence-electron chi connectivity index (χ2n) is 4.37. The number of aromatic nitrogens is 6.